The summed E-state index contributed by atoms with van der Waals surface area (Å²) < 4.78 is 26.6. The van der Waals surface area contributed by atoms with E-state index < -0.39 is 15.9 Å². The fourth-order valence-corrected chi connectivity index (χ4v) is 4.29. The molecule has 7 heteroatoms. The van der Waals surface area contributed by atoms with Gasteiger partial charge in [-0.2, -0.15) is 9.41 Å². The molecule has 1 aromatic carbocycles. The maximum Gasteiger partial charge on any atom is 0.271 e. The molecule has 1 N–H and O–H groups in total. The van der Waals surface area contributed by atoms with E-state index >= 15 is 0 Å². The zero-order valence-corrected chi connectivity index (χ0v) is 15.3. The summed E-state index contributed by atoms with van der Waals surface area (Å²) in [4.78, 5) is 12.4. The van der Waals surface area contributed by atoms with Gasteiger partial charge in [-0.1, -0.05) is 19.9 Å². The van der Waals surface area contributed by atoms with Crippen LogP contribution in [0.2, 0.25) is 0 Å². The summed E-state index contributed by atoms with van der Waals surface area (Å²) >= 11 is 0. The Morgan fingerprint density at radius 1 is 1.29 bits per heavy atom. The Balaban J connectivity index is 2.13. The molecule has 0 saturated carbocycles. The molecule has 1 heterocycles. The Morgan fingerprint density at radius 2 is 1.96 bits per heavy atom. The summed E-state index contributed by atoms with van der Waals surface area (Å²) in [6.45, 7) is 7.09. The second-order valence-corrected chi connectivity index (χ2v) is 8.46. The average Bonchev–Trinajstić information content (AvgIpc) is 3.07. The number of benzene rings is 1. The van der Waals surface area contributed by atoms with Crippen molar-refractivity contribution in [3.8, 4) is 0 Å². The van der Waals surface area contributed by atoms with E-state index in [9.17, 15) is 13.2 Å². The number of nitrogens with zero attached hydrogens (tertiary/aromatic N) is 2. The molecular formula is C17H25N3O3S. The first-order valence-electron chi connectivity index (χ1n) is 8.24. The summed E-state index contributed by atoms with van der Waals surface area (Å²) in [7, 11) is -3.52. The van der Waals surface area contributed by atoms with E-state index in [1.54, 1.807) is 12.1 Å². The maximum absolute atomic E-state index is 12.6. The van der Waals surface area contributed by atoms with Gasteiger partial charge in [0.15, 0.2) is 0 Å². The number of nitrogens with one attached hydrogen (secondary N) is 1. The molecule has 6 nitrogen and oxygen atoms in total. The lowest BCUT2D eigenvalue weighted by molar-refractivity contribution is 0.0954. The Bertz CT molecular complexity index is 720. The van der Waals surface area contributed by atoms with E-state index in [0.717, 1.165) is 25.0 Å². The van der Waals surface area contributed by atoms with Crippen LogP contribution in [0.15, 0.2) is 34.3 Å². The van der Waals surface area contributed by atoms with Crippen LogP contribution in [0.5, 0.6) is 0 Å². The van der Waals surface area contributed by atoms with Gasteiger partial charge in [-0.15, -0.1) is 0 Å². The molecule has 1 aliphatic heterocycles. The average molecular weight is 351 g/mol. The molecule has 1 saturated heterocycles. The molecular weight excluding hydrogens is 326 g/mol. The molecule has 1 aromatic rings. The summed E-state index contributed by atoms with van der Waals surface area (Å²) in [5, 5.41) is 4.07. The van der Waals surface area contributed by atoms with Crippen molar-refractivity contribution in [2.75, 3.05) is 13.1 Å². The zero-order valence-electron chi connectivity index (χ0n) is 14.4. The van der Waals surface area contributed by atoms with Crippen molar-refractivity contribution in [2.24, 2.45) is 11.0 Å². The van der Waals surface area contributed by atoms with Gasteiger partial charge in [0, 0.05) is 24.4 Å². The molecule has 1 fully saturated rings. The smallest absolute Gasteiger partial charge is 0.267 e. The minimum absolute atomic E-state index is 0.153. The molecule has 2 rings (SSSR count). The van der Waals surface area contributed by atoms with Crippen LogP contribution in [-0.4, -0.2) is 37.4 Å². The lowest BCUT2D eigenvalue weighted by Crippen LogP contribution is -2.28. The topological polar surface area (TPSA) is 78.8 Å². The SMILES string of the molecule is CC(CC(C)C)=NNC(=O)c1cccc(S(=O)(=O)N2CCCC2)c1. The van der Waals surface area contributed by atoms with Crippen LogP contribution >= 0.6 is 0 Å². The number of carbonyl (C=O) groups excluding carboxylic acids is 1. The largest absolute Gasteiger partial charge is 0.271 e. The molecule has 1 aliphatic rings. The Kier molecular flexibility index (Phi) is 6.12. The molecule has 0 spiro atoms. The third kappa shape index (κ3) is 4.64. The summed E-state index contributed by atoms with van der Waals surface area (Å²) in [6, 6.07) is 6.11. The van der Waals surface area contributed by atoms with Crippen molar-refractivity contribution < 1.29 is 13.2 Å². The number of amides is 1. The van der Waals surface area contributed by atoms with E-state index in [0.29, 0.717) is 19.0 Å². The Hall–Kier alpha value is -1.73. The van der Waals surface area contributed by atoms with Gasteiger partial charge < -0.3 is 0 Å². The van der Waals surface area contributed by atoms with Crippen molar-refractivity contribution in [1.29, 1.82) is 0 Å². The van der Waals surface area contributed by atoms with E-state index in [1.807, 2.05) is 6.92 Å². The lowest BCUT2D eigenvalue weighted by Gasteiger charge is -2.15. The van der Waals surface area contributed by atoms with Gasteiger partial charge in [0.25, 0.3) is 5.91 Å². The first kappa shape index (κ1) is 18.6. The highest BCUT2D eigenvalue weighted by Crippen LogP contribution is 2.21. The van der Waals surface area contributed by atoms with Gasteiger partial charge in [-0.05, 0) is 50.3 Å². The van der Waals surface area contributed by atoms with E-state index in [4.69, 9.17) is 0 Å². The lowest BCUT2D eigenvalue weighted by atomic mass is 10.1. The molecule has 0 aliphatic carbocycles. The van der Waals surface area contributed by atoms with Gasteiger partial charge in [-0.3, -0.25) is 4.79 Å². The van der Waals surface area contributed by atoms with Gasteiger partial charge in [0.1, 0.15) is 0 Å². The normalized spacial score (nSPS) is 16.6. The minimum Gasteiger partial charge on any atom is -0.267 e. The van der Waals surface area contributed by atoms with Crippen LogP contribution in [0, 0.1) is 5.92 Å². The fourth-order valence-electron chi connectivity index (χ4n) is 2.72. The van der Waals surface area contributed by atoms with E-state index in [1.165, 1.54) is 16.4 Å². The summed E-state index contributed by atoms with van der Waals surface area (Å²) in [5.74, 6) is 0.0520. The van der Waals surface area contributed by atoms with E-state index in [-0.39, 0.29) is 10.5 Å². The highest BCUT2D eigenvalue weighted by atomic mass is 32.2. The number of hydrogen-bond acceptors (Lipinski definition) is 4. The Labute approximate surface area is 144 Å². The fraction of sp³-hybridized carbons (Fsp3) is 0.529. The number of hydrogen-bond donors (Lipinski definition) is 1. The maximum atomic E-state index is 12.6. The van der Waals surface area contributed by atoms with Crippen LogP contribution in [0.25, 0.3) is 0 Å². The van der Waals surface area contributed by atoms with E-state index in [2.05, 4.69) is 24.4 Å². The molecule has 0 atom stereocenters. The molecule has 0 unspecified atom stereocenters. The predicted octanol–water partition coefficient (Wildman–Crippen LogP) is 2.62. The van der Waals surface area contributed by atoms with Crippen molar-refractivity contribution in [2.45, 2.75) is 44.9 Å². The van der Waals surface area contributed by atoms with Crippen LogP contribution in [-0.2, 0) is 10.0 Å². The second kappa shape index (κ2) is 7.90. The predicted molar refractivity (Wildman–Crippen MR) is 94.5 cm³/mol. The number of hydrazone groups is 1. The van der Waals surface area contributed by atoms with Gasteiger partial charge in [0.05, 0.1) is 4.90 Å². The number of sulfonamides is 1. The zero-order chi connectivity index (χ0) is 17.7. The standard InChI is InChI=1S/C17H25N3O3S/c1-13(2)11-14(3)18-19-17(21)15-7-6-8-16(12-15)24(22,23)20-9-4-5-10-20/h6-8,12-13H,4-5,9-11H2,1-3H3,(H,19,21). The second-order valence-electron chi connectivity index (χ2n) is 6.53. The third-order valence-electron chi connectivity index (χ3n) is 3.85. The molecule has 1 amide bonds. The van der Waals surface area contributed by atoms with Crippen LogP contribution in [0.3, 0.4) is 0 Å². The van der Waals surface area contributed by atoms with Crippen LogP contribution in [0.4, 0.5) is 0 Å². The highest BCUT2D eigenvalue weighted by Gasteiger charge is 2.27. The summed E-state index contributed by atoms with van der Waals surface area (Å²) in [6.07, 6.45) is 2.55. The van der Waals surface area contributed by atoms with Gasteiger partial charge in [-0.25, -0.2) is 13.8 Å². The molecule has 0 bridgehead atoms. The van der Waals surface area contributed by atoms with Crippen LogP contribution in [0.1, 0.15) is 50.4 Å². The molecule has 132 valence electrons. The van der Waals surface area contributed by atoms with Crippen molar-refractivity contribution >= 4 is 21.6 Å². The molecule has 0 radical (unpaired) electrons. The Morgan fingerprint density at radius 3 is 2.58 bits per heavy atom. The number of carbonyl (C=O) groups is 1. The molecule has 0 aromatic heterocycles. The van der Waals surface area contributed by atoms with Gasteiger partial charge >= 0.3 is 0 Å². The number of rotatable bonds is 6. The monoisotopic (exact) mass is 351 g/mol. The van der Waals surface area contributed by atoms with Crippen LogP contribution < -0.4 is 5.43 Å². The first-order chi connectivity index (χ1) is 11.3. The van der Waals surface area contributed by atoms with Crippen molar-refractivity contribution in [1.82, 2.24) is 9.73 Å². The van der Waals surface area contributed by atoms with Crippen molar-refractivity contribution in [3.63, 3.8) is 0 Å². The van der Waals surface area contributed by atoms with Crippen molar-refractivity contribution in [3.05, 3.63) is 29.8 Å². The minimum atomic E-state index is -3.52. The quantitative estimate of drug-likeness (QED) is 0.632. The highest BCUT2D eigenvalue weighted by molar-refractivity contribution is 7.89. The van der Waals surface area contributed by atoms with Gasteiger partial charge in [0.2, 0.25) is 10.0 Å². The third-order valence-corrected chi connectivity index (χ3v) is 5.75. The summed E-state index contributed by atoms with van der Waals surface area (Å²) in [5.41, 5.74) is 3.61. The first-order valence-corrected chi connectivity index (χ1v) is 9.68. The molecule has 24 heavy (non-hydrogen) atoms.